The van der Waals surface area contributed by atoms with E-state index >= 15 is 0 Å². The highest BCUT2D eigenvalue weighted by Crippen LogP contribution is 2.34. The third kappa shape index (κ3) is 3.33. The van der Waals surface area contributed by atoms with Crippen LogP contribution >= 0.6 is 0 Å². The third-order valence-corrected chi connectivity index (χ3v) is 4.96. The number of carboxylic acids is 1. The van der Waals surface area contributed by atoms with Crippen molar-refractivity contribution in [2.45, 2.75) is 33.1 Å². The first-order valence-corrected chi connectivity index (χ1v) is 9.31. The highest BCUT2D eigenvalue weighted by molar-refractivity contribution is 5.88. The average Bonchev–Trinajstić information content (AvgIpc) is 2.82. The zero-order valence-electron chi connectivity index (χ0n) is 15.6. The molecule has 0 bridgehead atoms. The van der Waals surface area contributed by atoms with Gasteiger partial charge < -0.3 is 10.4 Å². The van der Waals surface area contributed by atoms with E-state index in [0.29, 0.717) is 0 Å². The second-order valence-electron chi connectivity index (χ2n) is 7.20. The lowest BCUT2D eigenvalue weighted by atomic mass is 10.00. The summed E-state index contributed by atoms with van der Waals surface area (Å²) in [4.78, 5) is 11.4. The highest BCUT2D eigenvalue weighted by Gasteiger charge is 2.22. The van der Waals surface area contributed by atoms with E-state index in [9.17, 15) is 9.90 Å². The van der Waals surface area contributed by atoms with Crippen LogP contribution in [0.1, 0.15) is 39.9 Å². The van der Waals surface area contributed by atoms with Crippen molar-refractivity contribution in [3.05, 3.63) is 64.7 Å². The Kier molecular flexibility index (Phi) is 4.44. The summed E-state index contributed by atoms with van der Waals surface area (Å²) in [5.41, 5.74) is 6.74. The van der Waals surface area contributed by atoms with Crippen LogP contribution in [-0.2, 0) is 6.42 Å². The molecule has 1 aliphatic heterocycles. The molecule has 0 radical (unpaired) electrons. The van der Waals surface area contributed by atoms with E-state index in [1.165, 1.54) is 16.7 Å². The number of rotatable bonds is 3. The minimum absolute atomic E-state index is 0.262. The molecule has 1 aromatic heterocycles. The van der Waals surface area contributed by atoms with Crippen LogP contribution in [-0.4, -0.2) is 27.4 Å². The van der Waals surface area contributed by atoms with Crippen molar-refractivity contribution in [3.63, 3.8) is 0 Å². The van der Waals surface area contributed by atoms with Crippen LogP contribution < -0.4 is 5.32 Å². The van der Waals surface area contributed by atoms with Crippen molar-refractivity contribution in [1.82, 2.24) is 9.78 Å². The Morgan fingerprint density at radius 2 is 1.89 bits per heavy atom. The van der Waals surface area contributed by atoms with Gasteiger partial charge in [-0.25, -0.2) is 9.48 Å². The van der Waals surface area contributed by atoms with Crippen molar-refractivity contribution in [1.29, 1.82) is 0 Å². The minimum atomic E-state index is -0.933. The first kappa shape index (κ1) is 17.3. The number of aromatic carboxylic acids is 1. The Morgan fingerprint density at radius 3 is 2.63 bits per heavy atom. The van der Waals surface area contributed by atoms with Crippen LogP contribution in [0, 0.1) is 13.8 Å². The number of nitrogens with one attached hydrogen (secondary N) is 1. The lowest BCUT2D eigenvalue weighted by molar-refractivity contribution is 0.0697. The van der Waals surface area contributed by atoms with Gasteiger partial charge in [-0.2, -0.15) is 5.10 Å². The first-order valence-electron chi connectivity index (χ1n) is 9.31. The molecule has 2 heterocycles. The van der Waals surface area contributed by atoms with E-state index in [1.54, 1.807) is 18.2 Å². The molecule has 0 aliphatic carbocycles. The zero-order chi connectivity index (χ0) is 19.0. The van der Waals surface area contributed by atoms with Gasteiger partial charge >= 0.3 is 5.97 Å². The Hall–Kier alpha value is -3.08. The fourth-order valence-electron chi connectivity index (χ4n) is 3.80. The zero-order valence-corrected chi connectivity index (χ0v) is 15.6. The van der Waals surface area contributed by atoms with Gasteiger partial charge in [0.15, 0.2) is 0 Å². The summed E-state index contributed by atoms with van der Waals surface area (Å²) in [6.07, 6.45) is 3.18. The third-order valence-electron chi connectivity index (χ3n) is 4.96. The molecule has 0 saturated heterocycles. The predicted octanol–water partition coefficient (Wildman–Crippen LogP) is 4.60. The molecule has 0 spiro atoms. The number of benzene rings is 2. The Bertz CT molecular complexity index is 1000. The topological polar surface area (TPSA) is 67.2 Å². The lowest BCUT2D eigenvalue weighted by Gasteiger charge is -2.09. The number of hydrogen-bond donors (Lipinski definition) is 2. The molecule has 138 valence electrons. The summed E-state index contributed by atoms with van der Waals surface area (Å²) < 4.78 is 1.86. The molecule has 3 aromatic rings. The normalized spacial score (nSPS) is 13.6. The van der Waals surface area contributed by atoms with Crippen LogP contribution in [0.4, 0.5) is 5.82 Å². The van der Waals surface area contributed by atoms with Gasteiger partial charge in [0.1, 0.15) is 5.82 Å². The molecule has 5 nitrogen and oxygen atoms in total. The number of anilines is 1. The van der Waals surface area contributed by atoms with E-state index in [-0.39, 0.29) is 5.56 Å². The maximum absolute atomic E-state index is 11.4. The first-order chi connectivity index (χ1) is 13.0. The predicted molar refractivity (Wildman–Crippen MR) is 107 cm³/mol. The molecule has 2 N–H and O–H groups in total. The molecular weight excluding hydrogens is 338 g/mol. The van der Waals surface area contributed by atoms with Gasteiger partial charge in [-0.3, -0.25) is 0 Å². The van der Waals surface area contributed by atoms with Crippen LogP contribution in [0.25, 0.3) is 16.9 Å². The summed E-state index contributed by atoms with van der Waals surface area (Å²) >= 11 is 0. The SMILES string of the molecule is Cc1cc(C)cc(-c2nn(-c3cccc(C(=O)O)c3)c3c2CCCCN3)c1. The summed E-state index contributed by atoms with van der Waals surface area (Å²) in [5, 5.41) is 17.8. The second kappa shape index (κ2) is 6.91. The van der Waals surface area contributed by atoms with Crippen molar-refractivity contribution >= 4 is 11.8 Å². The van der Waals surface area contributed by atoms with E-state index in [1.807, 2.05) is 10.7 Å². The van der Waals surface area contributed by atoms with Crippen molar-refractivity contribution < 1.29 is 9.90 Å². The van der Waals surface area contributed by atoms with Gasteiger partial charge in [-0.15, -0.1) is 0 Å². The summed E-state index contributed by atoms with van der Waals surface area (Å²) in [7, 11) is 0. The Balaban J connectivity index is 1.92. The largest absolute Gasteiger partial charge is 0.478 e. The number of aromatic nitrogens is 2. The van der Waals surface area contributed by atoms with Gasteiger partial charge in [0.05, 0.1) is 16.9 Å². The van der Waals surface area contributed by atoms with E-state index in [4.69, 9.17) is 5.10 Å². The number of carbonyl (C=O) groups is 1. The molecule has 27 heavy (non-hydrogen) atoms. The Labute approximate surface area is 158 Å². The lowest BCUT2D eigenvalue weighted by Crippen LogP contribution is -2.08. The molecule has 2 aromatic carbocycles. The van der Waals surface area contributed by atoms with Crippen molar-refractivity contribution in [3.8, 4) is 16.9 Å². The highest BCUT2D eigenvalue weighted by atomic mass is 16.4. The van der Waals surface area contributed by atoms with Crippen molar-refractivity contribution in [2.75, 3.05) is 11.9 Å². The molecule has 0 atom stereocenters. The molecule has 0 fully saturated rings. The maximum Gasteiger partial charge on any atom is 0.335 e. The van der Waals surface area contributed by atoms with Crippen molar-refractivity contribution in [2.24, 2.45) is 0 Å². The summed E-state index contributed by atoms with van der Waals surface area (Å²) in [6.45, 7) is 5.09. The van der Waals surface area contributed by atoms with Gasteiger partial charge in [0.2, 0.25) is 0 Å². The van der Waals surface area contributed by atoms with Gasteiger partial charge in [0, 0.05) is 17.7 Å². The smallest absolute Gasteiger partial charge is 0.335 e. The molecule has 0 amide bonds. The Morgan fingerprint density at radius 1 is 1.11 bits per heavy atom. The molecule has 4 rings (SSSR count). The van der Waals surface area contributed by atoms with E-state index in [0.717, 1.165) is 48.6 Å². The molecular formula is C22H23N3O2. The standard InChI is InChI=1S/C22H23N3O2/c1-14-10-15(2)12-17(11-14)20-19-8-3-4-9-23-21(19)25(24-20)18-7-5-6-16(13-18)22(26)27/h5-7,10-13,23H,3-4,8-9H2,1-2H3,(H,26,27). The van der Waals surface area contributed by atoms with Gasteiger partial charge in [-0.05, 0) is 63.4 Å². The van der Waals surface area contributed by atoms with Crippen LogP contribution in [0.2, 0.25) is 0 Å². The quantitative estimate of drug-likeness (QED) is 0.715. The molecule has 0 unspecified atom stereocenters. The van der Waals surface area contributed by atoms with Crippen LogP contribution in [0.15, 0.2) is 42.5 Å². The average molecular weight is 361 g/mol. The number of hydrogen-bond acceptors (Lipinski definition) is 3. The van der Waals surface area contributed by atoms with Crippen LogP contribution in [0.3, 0.4) is 0 Å². The van der Waals surface area contributed by atoms with E-state index < -0.39 is 5.97 Å². The maximum atomic E-state index is 11.4. The molecule has 1 aliphatic rings. The number of carboxylic acid groups (broad SMARTS) is 1. The number of aryl methyl sites for hydroxylation is 2. The van der Waals surface area contributed by atoms with E-state index in [2.05, 4.69) is 37.4 Å². The van der Waals surface area contributed by atoms with Gasteiger partial charge in [-0.1, -0.05) is 23.3 Å². The minimum Gasteiger partial charge on any atom is -0.478 e. The fraction of sp³-hybridized carbons (Fsp3) is 0.273. The fourth-order valence-corrected chi connectivity index (χ4v) is 3.80. The van der Waals surface area contributed by atoms with Gasteiger partial charge in [0.25, 0.3) is 0 Å². The molecule has 0 saturated carbocycles. The monoisotopic (exact) mass is 361 g/mol. The number of nitrogens with zero attached hydrogens (tertiary/aromatic N) is 2. The summed E-state index contributed by atoms with van der Waals surface area (Å²) in [6, 6.07) is 13.4. The molecule has 5 heteroatoms. The second-order valence-corrected chi connectivity index (χ2v) is 7.20. The summed E-state index contributed by atoms with van der Waals surface area (Å²) in [5.74, 6) is 0.0433. The van der Waals surface area contributed by atoms with Crippen LogP contribution in [0.5, 0.6) is 0 Å². The number of fused-ring (bicyclic) bond motifs is 1.